The molecule has 5 rings (SSSR count). The Morgan fingerprint density at radius 3 is 2.53 bits per heavy atom. The number of carbonyl (C=O) groups excluding carboxylic acids is 1. The molecule has 34 heavy (non-hydrogen) atoms. The molecule has 178 valence electrons. The normalized spacial score (nSPS) is 17.8. The number of nitrogens with zero attached hydrogens (tertiary/aromatic N) is 4. The number of hydrogen-bond donors (Lipinski definition) is 0. The Balaban J connectivity index is 1.52. The summed E-state index contributed by atoms with van der Waals surface area (Å²) in [7, 11) is 3.33. The monoisotopic (exact) mass is 496 g/mol. The van der Waals surface area contributed by atoms with Crippen LogP contribution in [0.25, 0.3) is 0 Å². The van der Waals surface area contributed by atoms with Gasteiger partial charge in [-0.15, -0.1) is 5.10 Å². The number of anilines is 1. The molecule has 1 saturated carbocycles. The number of methoxy groups -OCH3 is 2. The van der Waals surface area contributed by atoms with Crippen LogP contribution in [-0.2, 0) is 17.9 Å². The highest BCUT2D eigenvalue weighted by Crippen LogP contribution is 2.41. The van der Waals surface area contributed by atoms with Gasteiger partial charge in [-0.25, -0.2) is 4.68 Å². The maximum Gasteiger partial charge on any atom is 0.225 e. The van der Waals surface area contributed by atoms with Gasteiger partial charge in [0.25, 0.3) is 0 Å². The highest BCUT2D eigenvalue weighted by atomic mass is 32.1. The summed E-state index contributed by atoms with van der Waals surface area (Å²) in [5.74, 6) is 1.49. The molecule has 1 unspecified atom stereocenters. The van der Waals surface area contributed by atoms with Crippen molar-refractivity contribution in [1.82, 2.24) is 14.7 Å². The zero-order valence-corrected chi connectivity index (χ0v) is 21.2. The van der Waals surface area contributed by atoms with Crippen LogP contribution >= 0.6 is 23.6 Å². The fraction of sp³-hybridized carbons (Fsp3) is 0.400. The summed E-state index contributed by atoms with van der Waals surface area (Å²) in [5.41, 5.74) is 3.64. The van der Waals surface area contributed by atoms with Crippen molar-refractivity contribution >= 4 is 34.6 Å². The van der Waals surface area contributed by atoms with Gasteiger partial charge in [-0.05, 0) is 60.3 Å². The second-order valence-electron chi connectivity index (χ2n) is 8.69. The van der Waals surface area contributed by atoms with Crippen molar-refractivity contribution in [3.63, 3.8) is 0 Å². The van der Waals surface area contributed by atoms with E-state index in [1.807, 2.05) is 10.7 Å². The van der Waals surface area contributed by atoms with Gasteiger partial charge >= 0.3 is 0 Å². The lowest BCUT2D eigenvalue weighted by Crippen LogP contribution is -2.38. The Hall–Kier alpha value is -2.75. The third-order valence-electron chi connectivity index (χ3n) is 6.46. The number of rotatable bonds is 7. The summed E-state index contributed by atoms with van der Waals surface area (Å²) in [4.78, 5) is 16.4. The molecular weight excluding hydrogens is 468 g/mol. The quantitative estimate of drug-likeness (QED) is 0.438. The minimum Gasteiger partial charge on any atom is -0.493 e. The molecule has 0 radical (unpaired) electrons. The molecule has 1 aliphatic carbocycles. The number of carbonyl (C=O) groups is 1. The minimum atomic E-state index is 0.0177. The van der Waals surface area contributed by atoms with Crippen molar-refractivity contribution in [3.8, 4) is 11.5 Å². The van der Waals surface area contributed by atoms with Crippen molar-refractivity contribution in [2.45, 2.75) is 44.9 Å². The highest BCUT2D eigenvalue weighted by Gasteiger charge is 2.35. The van der Waals surface area contributed by atoms with Crippen LogP contribution in [0, 0.1) is 3.95 Å². The number of ether oxygens (including phenoxy) is 2. The first-order chi connectivity index (χ1) is 16.5. The third kappa shape index (κ3) is 4.35. The Labute approximate surface area is 208 Å². The summed E-state index contributed by atoms with van der Waals surface area (Å²) < 4.78 is 13.7. The molecule has 2 heterocycles. The van der Waals surface area contributed by atoms with Crippen LogP contribution in [0.2, 0.25) is 0 Å². The molecule has 2 aliphatic rings. The summed E-state index contributed by atoms with van der Waals surface area (Å²) in [6.07, 6.45) is 2.93. The van der Waals surface area contributed by atoms with Crippen molar-refractivity contribution in [2.75, 3.05) is 25.7 Å². The fourth-order valence-electron chi connectivity index (χ4n) is 4.71. The van der Waals surface area contributed by atoms with Gasteiger partial charge in [-0.2, -0.15) is 0 Å². The SMILES string of the molecule is COc1cc2c(cc1OC)C(c1ccccc1)N(Cn1nc(N(C(C)=O)C3CC3)sc1=S)CC2. The predicted octanol–water partition coefficient (Wildman–Crippen LogP) is 4.81. The Morgan fingerprint density at radius 1 is 1.18 bits per heavy atom. The van der Waals surface area contributed by atoms with Gasteiger partial charge in [0.05, 0.1) is 26.9 Å². The van der Waals surface area contributed by atoms with Gasteiger partial charge in [-0.1, -0.05) is 41.7 Å². The highest BCUT2D eigenvalue weighted by molar-refractivity contribution is 7.73. The average Bonchev–Trinajstić information content (AvgIpc) is 3.61. The molecule has 0 N–H and O–H groups in total. The van der Waals surface area contributed by atoms with E-state index in [0.29, 0.717) is 15.8 Å². The number of hydrogen-bond acceptors (Lipinski definition) is 7. The standard InChI is InChI=1S/C25H28N4O3S2/c1-16(30)29(19-9-10-19)24-26-28(25(33)34-24)15-27-12-11-18-13-21(31-2)22(32-3)14-20(18)23(27)17-7-5-4-6-8-17/h4-8,13-14,19,23H,9-12,15H2,1-3H3. The van der Waals surface area contributed by atoms with Crippen molar-refractivity contribution in [3.05, 3.63) is 63.1 Å². The summed E-state index contributed by atoms with van der Waals surface area (Å²) in [6.45, 7) is 2.98. The van der Waals surface area contributed by atoms with E-state index in [9.17, 15) is 4.79 Å². The van der Waals surface area contributed by atoms with Crippen LogP contribution in [0.3, 0.4) is 0 Å². The molecular formula is C25H28N4O3S2. The van der Waals surface area contributed by atoms with E-state index in [1.165, 1.54) is 28.0 Å². The van der Waals surface area contributed by atoms with Crippen LogP contribution in [0.5, 0.6) is 11.5 Å². The average molecular weight is 497 g/mol. The summed E-state index contributed by atoms with van der Waals surface area (Å²) in [5, 5.41) is 5.48. The van der Waals surface area contributed by atoms with Crippen LogP contribution in [0.1, 0.15) is 42.5 Å². The topological polar surface area (TPSA) is 59.8 Å². The summed E-state index contributed by atoms with van der Waals surface area (Å²) in [6, 6.07) is 14.9. The number of aromatic nitrogens is 2. The lowest BCUT2D eigenvalue weighted by atomic mass is 9.88. The maximum absolute atomic E-state index is 12.2. The number of amides is 1. The van der Waals surface area contributed by atoms with Crippen LogP contribution in [-0.4, -0.2) is 47.4 Å². The van der Waals surface area contributed by atoms with E-state index in [-0.39, 0.29) is 18.0 Å². The van der Waals surface area contributed by atoms with E-state index in [4.69, 9.17) is 26.8 Å². The first-order valence-electron chi connectivity index (χ1n) is 11.4. The number of benzene rings is 2. The maximum atomic E-state index is 12.2. The molecule has 0 saturated heterocycles. The minimum absolute atomic E-state index is 0.0177. The van der Waals surface area contributed by atoms with Gasteiger partial charge in [-0.3, -0.25) is 14.6 Å². The Morgan fingerprint density at radius 2 is 1.88 bits per heavy atom. The summed E-state index contributed by atoms with van der Waals surface area (Å²) >= 11 is 7.09. The first-order valence-corrected chi connectivity index (χ1v) is 12.6. The molecule has 1 aliphatic heterocycles. The van der Waals surface area contributed by atoms with Gasteiger partial charge in [0, 0.05) is 19.5 Å². The zero-order valence-electron chi connectivity index (χ0n) is 19.6. The lowest BCUT2D eigenvalue weighted by molar-refractivity contribution is -0.116. The molecule has 1 aromatic heterocycles. The molecule has 3 aromatic rings. The Bertz CT molecular complexity index is 1250. The van der Waals surface area contributed by atoms with E-state index in [1.54, 1.807) is 26.0 Å². The molecule has 1 fully saturated rings. The molecule has 9 heteroatoms. The van der Waals surface area contributed by atoms with Gasteiger partial charge in [0.15, 0.2) is 15.5 Å². The fourth-order valence-corrected chi connectivity index (χ4v) is 5.91. The molecule has 1 atom stereocenters. The van der Waals surface area contributed by atoms with Crippen LogP contribution < -0.4 is 14.4 Å². The smallest absolute Gasteiger partial charge is 0.225 e. The Kier molecular flexibility index (Phi) is 6.42. The van der Waals surface area contributed by atoms with Gasteiger partial charge < -0.3 is 9.47 Å². The largest absolute Gasteiger partial charge is 0.493 e. The van der Waals surface area contributed by atoms with E-state index >= 15 is 0 Å². The number of fused-ring (bicyclic) bond motifs is 1. The van der Waals surface area contributed by atoms with Crippen LogP contribution in [0.15, 0.2) is 42.5 Å². The van der Waals surface area contributed by atoms with Crippen molar-refractivity contribution < 1.29 is 14.3 Å². The molecule has 1 amide bonds. The second kappa shape index (κ2) is 9.48. The van der Waals surface area contributed by atoms with E-state index in [0.717, 1.165) is 37.3 Å². The third-order valence-corrected chi connectivity index (χ3v) is 7.76. The predicted molar refractivity (Wildman–Crippen MR) is 135 cm³/mol. The second-order valence-corrected chi connectivity index (χ2v) is 10.3. The van der Waals surface area contributed by atoms with Gasteiger partial charge in [0.1, 0.15) is 0 Å². The van der Waals surface area contributed by atoms with E-state index < -0.39 is 0 Å². The molecule has 7 nitrogen and oxygen atoms in total. The zero-order chi connectivity index (χ0) is 23.8. The van der Waals surface area contributed by atoms with E-state index in [2.05, 4.69) is 41.3 Å². The molecule has 2 aromatic carbocycles. The first kappa shape index (κ1) is 23.0. The van der Waals surface area contributed by atoms with Crippen LogP contribution in [0.4, 0.5) is 5.13 Å². The van der Waals surface area contributed by atoms with Crippen molar-refractivity contribution in [1.29, 1.82) is 0 Å². The van der Waals surface area contributed by atoms with Gasteiger partial charge in [0.2, 0.25) is 11.0 Å². The van der Waals surface area contributed by atoms with Crippen molar-refractivity contribution in [2.24, 2.45) is 0 Å². The molecule has 0 spiro atoms. The lowest BCUT2D eigenvalue weighted by Gasteiger charge is -2.38. The molecule has 0 bridgehead atoms.